The Kier molecular flexibility index (Phi) is 8.43. The van der Waals surface area contributed by atoms with Crippen LogP contribution in [0.5, 0.6) is 0 Å². The van der Waals surface area contributed by atoms with Crippen molar-refractivity contribution in [3.8, 4) is 0 Å². The summed E-state index contributed by atoms with van der Waals surface area (Å²) in [4.78, 5) is 0. The number of hydrogen-bond donors (Lipinski definition) is 0. The van der Waals surface area contributed by atoms with Gasteiger partial charge in [0.1, 0.15) is 0 Å². The van der Waals surface area contributed by atoms with Crippen LogP contribution in [0.4, 0.5) is 0 Å². The lowest BCUT2D eigenvalue weighted by Crippen LogP contribution is -2.26. The summed E-state index contributed by atoms with van der Waals surface area (Å²) in [5.41, 5.74) is 0.314. The van der Waals surface area contributed by atoms with Gasteiger partial charge in [0.05, 0.1) is 23.9 Å². The highest BCUT2D eigenvalue weighted by atomic mass is 16.5. The summed E-state index contributed by atoms with van der Waals surface area (Å²) in [6, 6.07) is 0. The monoisotopic (exact) mass is 260 g/mol. The third-order valence-electron chi connectivity index (χ3n) is 1.53. The van der Waals surface area contributed by atoms with E-state index >= 15 is 0 Å². The number of rotatable bonds is 2. The summed E-state index contributed by atoms with van der Waals surface area (Å²) in [6.07, 6.45) is 0.343. The van der Waals surface area contributed by atoms with Crippen LogP contribution < -0.4 is 0 Å². The molecule has 0 radical (unpaired) electrons. The molecule has 0 aliphatic heterocycles. The summed E-state index contributed by atoms with van der Waals surface area (Å²) in [5.74, 6) is 0. The van der Waals surface area contributed by atoms with Crippen LogP contribution in [-0.4, -0.2) is 23.9 Å². The van der Waals surface area contributed by atoms with Crippen molar-refractivity contribution in [2.75, 3.05) is 6.61 Å². The lowest BCUT2D eigenvalue weighted by Gasteiger charge is -2.26. The maximum atomic E-state index is 5.59. The van der Waals surface area contributed by atoms with E-state index in [0.29, 0.717) is 6.10 Å². The Morgan fingerprint density at radius 3 is 1.17 bits per heavy atom. The molecule has 0 saturated carbocycles. The van der Waals surface area contributed by atoms with Crippen LogP contribution in [0.15, 0.2) is 0 Å². The van der Waals surface area contributed by atoms with Crippen LogP contribution in [0.2, 0.25) is 0 Å². The first-order valence-corrected chi connectivity index (χ1v) is 6.94. The lowest BCUT2D eigenvalue weighted by atomic mass is 9.98. The minimum absolute atomic E-state index is 0.00722. The molecule has 0 aromatic rings. The largest absolute Gasteiger partial charge is 0.375 e. The minimum atomic E-state index is 0.00722. The van der Waals surface area contributed by atoms with Gasteiger partial charge in [0.15, 0.2) is 0 Å². The molecule has 0 heterocycles. The highest BCUT2D eigenvalue weighted by molar-refractivity contribution is 4.65. The highest BCUT2D eigenvalue weighted by Gasteiger charge is 2.16. The molecule has 0 rings (SSSR count). The Balaban J connectivity index is 0. The molecule has 0 N–H and O–H groups in total. The smallest absolute Gasteiger partial charge is 0.0601 e. The van der Waals surface area contributed by atoms with Gasteiger partial charge in [0.25, 0.3) is 0 Å². The third-order valence-corrected chi connectivity index (χ3v) is 1.53. The van der Waals surface area contributed by atoms with Crippen LogP contribution in [-0.2, 0) is 9.47 Å². The molecular formula is C16H36O2. The second-order valence-electron chi connectivity index (χ2n) is 8.24. The van der Waals surface area contributed by atoms with Crippen LogP contribution in [0, 0.1) is 5.41 Å². The molecule has 0 unspecified atom stereocenters. The van der Waals surface area contributed by atoms with Crippen LogP contribution in [0.3, 0.4) is 0 Å². The Bertz CT molecular complexity index is 185. The van der Waals surface area contributed by atoms with Gasteiger partial charge in [-0.15, -0.1) is 0 Å². The van der Waals surface area contributed by atoms with Gasteiger partial charge in [0.2, 0.25) is 0 Å². The standard InChI is InChI=1S/C9H20O.C7H16O/c1-8(2,3)7-10-9(4,5)6;1-6(2)8-7(3,4)5/h7H2,1-6H3;6H,1-5H3. The van der Waals surface area contributed by atoms with Gasteiger partial charge >= 0.3 is 0 Å². The zero-order valence-corrected chi connectivity index (χ0v) is 14.6. The maximum absolute atomic E-state index is 5.59. The van der Waals surface area contributed by atoms with Crippen molar-refractivity contribution >= 4 is 0 Å². The Labute approximate surface area is 115 Å². The summed E-state index contributed by atoms with van der Waals surface area (Å²) < 4.78 is 11.0. The second kappa shape index (κ2) is 7.49. The van der Waals surface area contributed by atoms with Crippen molar-refractivity contribution < 1.29 is 9.47 Å². The van der Waals surface area contributed by atoms with Crippen molar-refractivity contribution in [2.45, 2.75) is 93.5 Å². The van der Waals surface area contributed by atoms with E-state index in [1.807, 2.05) is 13.8 Å². The first kappa shape index (κ1) is 20.2. The molecule has 0 spiro atoms. The van der Waals surface area contributed by atoms with Crippen LogP contribution in [0.1, 0.15) is 76.2 Å². The van der Waals surface area contributed by atoms with E-state index in [9.17, 15) is 0 Å². The molecule has 0 fully saturated rings. The summed E-state index contributed by atoms with van der Waals surface area (Å²) in [7, 11) is 0. The van der Waals surface area contributed by atoms with Crippen molar-refractivity contribution in [1.82, 2.24) is 0 Å². The zero-order valence-electron chi connectivity index (χ0n) is 14.6. The molecule has 0 aromatic carbocycles. The summed E-state index contributed by atoms with van der Waals surface area (Å²) >= 11 is 0. The van der Waals surface area contributed by atoms with E-state index in [2.05, 4.69) is 62.3 Å². The van der Waals surface area contributed by atoms with Gasteiger partial charge in [0, 0.05) is 0 Å². The first-order chi connectivity index (χ1) is 7.62. The lowest BCUT2D eigenvalue weighted by molar-refractivity contribution is -0.0425. The zero-order chi connectivity index (χ0) is 15.2. The molecule has 18 heavy (non-hydrogen) atoms. The van der Waals surface area contributed by atoms with Crippen molar-refractivity contribution in [3.63, 3.8) is 0 Å². The van der Waals surface area contributed by atoms with E-state index in [0.717, 1.165) is 6.61 Å². The second-order valence-corrected chi connectivity index (χ2v) is 8.24. The summed E-state index contributed by atoms with van der Waals surface area (Å²) in [6.45, 7) is 23.9. The van der Waals surface area contributed by atoms with Gasteiger partial charge in [-0.2, -0.15) is 0 Å². The van der Waals surface area contributed by atoms with E-state index < -0.39 is 0 Å². The topological polar surface area (TPSA) is 18.5 Å². The average molecular weight is 260 g/mol. The molecule has 0 amide bonds. The molecule has 0 aliphatic carbocycles. The molecule has 0 saturated heterocycles. The van der Waals surface area contributed by atoms with Gasteiger partial charge in [-0.1, -0.05) is 20.8 Å². The SMILES string of the molecule is CC(C)(C)COC(C)(C)C.CC(C)OC(C)(C)C. The summed E-state index contributed by atoms with van der Waals surface area (Å²) in [5, 5.41) is 0. The molecule has 2 heteroatoms. The Hall–Kier alpha value is -0.0800. The first-order valence-electron chi connectivity index (χ1n) is 6.94. The number of ether oxygens (including phenoxy) is 2. The Morgan fingerprint density at radius 2 is 1.11 bits per heavy atom. The maximum Gasteiger partial charge on any atom is 0.0601 e. The molecule has 112 valence electrons. The molecule has 0 bridgehead atoms. The third kappa shape index (κ3) is 24.9. The van der Waals surface area contributed by atoms with Gasteiger partial charge in [-0.3, -0.25) is 0 Å². The number of hydrogen-bond acceptors (Lipinski definition) is 2. The van der Waals surface area contributed by atoms with E-state index in [1.165, 1.54) is 0 Å². The van der Waals surface area contributed by atoms with E-state index in [1.54, 1.807) is 0 Å². The fourth-order valence-corrected chi connectivity index (χ4v) is 1.14. The van der Waals surface area contributed by atoms with Gasteiger partial charge < -0.3 is 9.47 Å². The predicted molar refractivity (Wildman–Crippen MR) is 81.1 cm³/mol. The molecule has 0 aromatic heterocycles. The quantitative estimate of drug-likeness (QED) is 0.691. The van der Waals surface area contributed by atoms with Crippen molar-refractivity contribution in [1.29, 1.82) is 0 Å². The van der Waals surface area contributed by atoms with Gasteiger partial charge in [-0.05, 0) is 60.8 Å². The predicted octanol–water partition coefficient (Wildman–Crippen LogP) is 5.06. The van der Waals surface area contributed by atoms with Crippen molar-refractivity contribution in [2.24, 2.45) is 5.41 Å². The van der Waals surface area contributed by atoms with Gasteiger partial charge in [-0.25, -0.2) is 0 Å². The van der Waals surface area contributed by atoms with Crippen LogP contribution in [0.25, 0.3) is 0 Å². The average Bonchev–Trinajstić information content (AvgIpc) is 1.94. The van der Waals surface area contributed by atoms with Crippen molar-refractivity contribution in [3.05, 3.63) is 0 Å². The molecule has 0 aliphatic rings. The normalized spacial score (nSPS) is 13.3. The minimum Gasteiger partial charge on any atom is -0.375 e. The fourth-order valence-electron chi connectivity index (χ4n) is 1.14. The fraction of sp³-hybridized carbons (Fsp3) is 1.00. The van der Waals surface area contributed by atoms with Crippen LogP contribution >= 0.6 is 0 Å². The van der Waals surface area contributed by atoms with E-state index in [-0.39, 0.29) is 16.6 Å². The molecular weight excluding hydrogens is 224 g/mol. The molecule has 2 nitrogen and oxygen atoms in total. The highest BCUT2D eigenvalue weighted by Crippen LogP contribution is 2.17. The Morgan fingerprint density at radius 1 is 0.722 bits per heavy atom. The molecule has 0 atom stereocenters. The van der Waals surface area contributed by atoms with E-state index in [4.69, 9.17) is 9.47 Å².